The number of Topliss-reactive ketones (excluding diaryl/α,β-unsaturated/α-hetero) is 1. The molecule has 1 N–H and O–H groups in total. The zero-order valence-electron chi connectivity index (χ0n) is 11.2. The number of hydrogen-bond acceptors (Lipinski definition) is 3. The van der Waals surface area contributed by atoms with Crippen LogP contribution in [0, 0.1) is 0 Å². The number of rotatable bonds is 1. The average Bonchev–Trinajstić information content (AvgIpc) is 2.79. The van der Waals surface area contributed by atoms with Gasteiger partial charge in [-0.1, -0.05) is 18.2 Å². The first-order chi connectivity index (χ1) is 9.59. The quantitative estimate of drug-likeness (QED) is 0.863. The van der Waals surface area contributed by atoms with Crippen molar-refractivity contribution in [3.05, 3.63) is 41.8 Å². The van der Waals surface area contributed by atoms with Crippen molar-refractivity contribution in [2.24, 2.45) is 0 Å². The molecule has 4 heteroatoms. The van der Waals surface area contributed by atoms with E-state index in [2.05, 4.69) is 0 Å². The Hall–Kier alpha value is -2.36. The summed E-state index contributed by atoms with van der Waals surface area (Å²) in [6.45, 7) is 1.48. The minimum atomic E-state index is -0.115. The summed E-state index contributed by atoms with van der Waals surface area (Å²) in [5.74, 6) is -0.0382. The second-order valence-electron chi connectivity index (χ2n) is 5.05. The second-order valence-corrected chi connectivity index (χ2v) is 5.05. The molecule has 1 aliphatic carbocycles. The van der Waals surface area contributed by atoms with Gasteiger partial charge in [0, 0.05) is 36.9 Å². The first-order valence-corrected chi connectivity index (χ1v) is 6.66. The maximum Gasteiger partial charge on any atom is 0.227 e. The number of fused-ring (bicyclic) bond motifs is 1. The smallest absolute Gasteiger partial charge is 0.227 e. The highest BCUT2D eigenvalue weighted by Crippen LogP contribution is 2.34. The maximum atomic E-state index is 12.1. The molecule has 0 atom stereocenters. The molecule has 1 heterocycles. The number of benzene rings is 1. The van der Waals surface area contributed by atoms with Crippen LogP contribution in [0.2, 0.25) is 0 Å². The van der Waals surface area contributed by atoms with Gasteiger partial charge in [0.05, 0.1) is 11.1 Å². The molecule has 0 amide bonds. The Morgan fingerprint density at radius 2 is 2.00 bits per heavy atom. The number of para-hydroxylation sites is 1. The number of carbonyl (C=O) groups excluding carboxylic acids is 2. The Morgan fingerprint density at radius 1 is 1.25 bits per heavy atom. The highest BCUT2D eigenvalue weighted by atomic mass is 16.3. The Balaban J connectivity index is 2.32. The van der Waals surface area contributed by atoms with Gasteiger partial charge in [0.25, 0.3) is 0 Å². The molecule has 0 saturated carbocycles. The van der Waals surface area contributed by atoms with Gasteiger partial charge in [-0.15, -0.1) is 0 Å². The molecule has 0 fully saturated rings. The van der Waals surface area contributed by atoms with Crippen molar-refractivity contribution < 1.29 is 14.7 Å². The monoisotopic (exact) mass is 269 g/mol. The molecule has 0 unspecified atom stereocenters. The Bertz CT molecular complexity index is 752. The fourth-order valence-corrected chi connectivity index (χ4v) is 2.77. The van der Waals surface area contributed by atoms with Gasteiger partial charge in [-0.2, -0.15) is 0 Å². The van der Waals surface area contributed by atoms with E-state index in [1.54, 1.807) is 6.20 Å². The van der Waals surface area contributed by atoms with Gasteiger partial charge in [-0.25, -0.2) is 0 Å². The van der Waals surface area contributed by atoms with E-state index in [0.717, 1.165) is 10.9 Å². The van der Waals surface area contributed by atoms with Gasteiger partial charge in [-0.3, -0.25) is 14.2 Å². The number of ketones is 1. The number of nitrogens with zero attached hydrogens (tertiary/aromatic N) is 1. The molecule has 0 radical (unpaired) electrons. The molecule has 1 aromatic heterocycles. The lowest BCUT2D eigenvalue weighted by Gasteiger charge is -2.14. The van der Waals surface area contributed by atoms with Gasteiger partial charge in [0.2, 0.25) is 5.91 Å². The highest BCUT2D eigenvalue weighted by molar-refractivity contribution is 6.25. The molecule has 0 aliphatic heterocycles. The fraction of sp³-hybridized carbons (Fsp3) is 0.250. The summed E-state index contributed by atoms with van der Waals surface area (Å²) < 4.78 is 1.52. The van der Waals surface area contributed by atoms with Crippen LogP contribution in [-0.2, 0) is 4.79 Å². The van der Waals surface area contributed by atoms with Crippen molar-refractivity contribution in [2.45, 2.75) is 26.2 Å². The molecule has 3 rings (SSSR count). The molecular weight excluding hydrogens is 254 g/mol. The molecule has 0 saturated heterocycles. The Morgan fingerprint density at radius 3 is 2.70 bits per heavy atom. The highest BCUT2D eigenvalue weighted by Gasteiger charge is 2.25. The van der Waals surface area contributed by atoms with Crippen LogP contribution in [0.5, 0.6) is 0 Å². The summed E-state index contributed by atoms with van der Waals surface area (Å²) in [6.07, 6.45) is 3.29. The predicted molar refractivity (Wildman–Crippen MR) is 76.6 cm³/mol. The van der Waals surface area contributed by atoms with E-state index in [1.807, 2.05) is 24.3 Å². The third-order valence-corrected chi connectivity index (χ3v) is 3.71. The molecule has 102 valence electrons. The van der Waals surface area contributed by atoms with Crippen molar-refractivity contribution in [2.75, 3.05) is 0 Å². The first-order valence-electron chi connectivity index (χ1n) is 6.66. The Labute approximate surface area is 116 Å². The van der Waals surface area contributed by atoms with E-state index in [1.165, 1.54) is 11.5 Å². The van der Waals surface area contributed by atoms with Crippen LogP contribution in [0.1, 0.15) is 36.5 Å². The second kappa shape index (κ2) is 4.63. The number of hydrogen-bond donors (Lipinski definition) is 1. The van der Waals surface area contributed by atoms with Crippen LogP contribution in [0.15, 0.2) is 36.2 Å². The van der Waals surface area contributed by atoms with Crippen LogP contribution in [0.3, 0.4) is 0 Å². The molecule has 1 aliphatic rings. The van der Waals surface area contributed by atoms with Crippen LogP contribution in [0.25, 0.3) is 16.5 Å². The zero-order valence-corrected chi connectivity index (χ0v) is 11.2. The van der Waals surface area contributed by atoms with E-state index >= 15 is 0 Å². The molecular formula is C16H15NO3. The van der Waals surface area contributed by atoms with E-state index < -0.39 is 0 Å². The Kier molecular flexibility index (Phi) is 2.93. The number of aromatic nitrogens is 1. The lowest BCUT2D eigenvalue weighted by Crippen LogP contribution is -2.10. The van der Waals surface area contributed by atoms with Crippen molar-refractivity contribution in [1.29, 1.82) is 0 Å². The molecule has 0 bridgehead atoms. The van der Waals surface area contributed by atoms with Gasteiger partial charge < -0.3 is 5.11 Å². The number of carbonyl (C=O) groups is 2. The van der Waals surface area contributed by atoms with E-state index in [0.29, 0.717) is 30.4 Å². The number of aliphatic hydroxyl groups excluding tert-OH is 1. The van der Waals surface area contributed by atoms with Crippen molar-refractivity contribution in [3.63, 3.8) is 0 Å². The van der Waals surface area contributed by atoms with Crippen LogP contribution < -0.4 is 0 Å². The van der Waals surface area contributed by atoms with Crippen LogP contribution in [-0.4, -0.2) is 21.4 Å². The number of aliphatic hydroxyl groups is 1. The van der Waals surface area contributed by atoms with E-state index in [9.17, 15) is 14.7 Å². The van der Waals surface area contributed by atoms with E-state index in [4.69, 9.17) is 0 Å². The van der Waals surface area contributed by atoms with Gasteiger partial charge >= 0.3 is 0 Å². The summed E-state index contributed by atoms with van der Waals surface area (Å²) in [4.78, 5) is 23.8. The summed E-state index contributed by atoms with van der Waals surface area (Å²) in [6, 6.07) is 7.42. The summed E-state index contributed by atoms with van der Waals surface area (Å²) in [7, 11) is 0. The maximum absolute atomic E-state index is 12.1. The largest absolute Gasteiger partial charge is 0.512 e. The van der Waals surface area contributed by atoms with Crippen molar-refractivity contribution in [1.82, 2.24) is 4.57 Å². The SMILES string of the molecule is CC(=O)n1cc(C2=C(O)CCCC2=O)c2ccccc21. The van der Waals surface area contributed by atoms with Gasteiger partial charge in [-0.05, 0) is 12.5 Å². The summed E-state index contributed by atoms with van der Waals surface area (Å²) >= 11 is 0. The average molecular weight is 269 g/mol. The molecule has 0 spiro atoms. The molecule has 1 aromatic carbocycles. The van der Waals surface area contributed by atoms with Crippen molar-refractivity contribution >= 4 is 28.2 Å². The van der Waals surface area contributed by atoms with E-state index in [-0.39, 0.29) is 17.4 Å². The fourth-order valence-electron chi connectivity index (χ4n) is 2.77. The van der Waals surface area contributed by atoms with Crippen molar-refractivity contribution in [3.8, 4) is 0 Å². The number of allylic oxidation sites excluding steroid dienone is 2. The minimum absolute atomic E-state index is 0.0554. The first kappa shape index (κ1) is 12.7. The van der Waals surface area contributed by atoms with Gasteiger partial charge in [0.15, 0.2) is 5.78 Å². The minimum Gasteiger partial charge on any atom is -0.512 e. The third kappa shape index (κ3) is 1.84. The topological polar surface area (TPSA) is 59.3 Å². The summed E-state index contributed by atoms with van der Waals surface area (Å²) in [5, 5.41) is 10.9. The molecule has 4 nitrogen and oxygen atoms in total. The predicted octanol–water partition coefficient (Wildman–Crippen LogP) is 3.32. The third-order valence-electron chi connectivity index (χ3n) is 3.71. The molecule has 2 aromatic rings. The van der Waals surface area contributed by atoms with Gasteiger partial charge in [0.1, 0.15) is 5.76 Å². The van der Waals surface area contributed by atoms with Crippen LogP contribution >= 0.6 is 0 Å². The lowest BCUT2D eigenvalue weighted by atomic mass is 9.91. The van der Waals surface area contributed by atoms with Crippen LogP contribution in [0.4, 0.5) is 0 Å². The zero-order chi connectivity index (χ0) is 14.3. The normalized spacial score (nSPS) is 15.9. The molecule has 20 heavy (non-hydrogen) atoms. The standard InChI is InChI=1S/C16H15NO3/c1-10(18)17-9-12(11-5-2-3-6-13(11)17)16-14(19)7-4-8-15(16)20/h2-3,5-6,9,19H,4,7-8H2,1H3. The lowest BCUT2D eigenvalue weighted by molar-refractivity contribution is -0.114. The summed E-state index contributed by atoms with van der Waals surface area (Å²) in [5.41, 5.74) is 1.78.